The van der Waals surface area contributed by atoms with E-state index >= 15 is 0 Å². The summed E-state index contributed by atoms with van der Waals surface area (Å²) in [4.78, 5) is 0. The van der Waals surface area contributed by atoms with Gasteiger partial charge in [0.25, 0.3) is 0 Å². The molecule has 1 unspecified atom stereocenters. The van der Waals surface area contributed by atoms with Gasteiger partial charge in [0, 0.05) is 12.1 Å². The quantitative estimate of drug-likeness (QED) is 0.764. The van der Waals surface area contributed by atoms with Crippen molar-refractivity contribution >= 4 is 0 Å². The fraction of sp³-hybridized carbons (Fsp3) is 0.571. The minimum Gasteiger partial charge on any atom is -0.434 e. The lowest BCUT2D eigenvalue weighted by atomic mass is 10.1. The van der Waals surface area contributed by atoms with E-state index in [1.165, 1.54) is 6.42 Å². The second-order valence-electron chi connectivity index (χ2n) is 4.51. The average Bonchev–Trinajstić information content (AvgIpc) is 2.31. The first-order valence-corrected chi connectivity index (χ1v) is 6.37. The number of rotatable bonds is 8. The first-order valence-electron chi connectivity index (χ1n) is 6.37. The summed E-state index contributed by atoms with van der Waals surface area (Å²) in [6.07, 6.45) is 2.33. The molecular formula is C14H21F2NO. The minimum absolute atomic E-state index is 0.253. The van der Waals surface area contributed by atoms with E-state index in [1.807, 2.05) is 6.07 Å². The highest BCUT2D eigenvalue weighted by atomic mass is 19.3. The van der Waals surface area contributed by atoms with E-state index in [4.69, 9.17) is 0 Å². The molecule has 0 aliphatic rings. The van der Waals surface area contributed by atoms with Crippen molar-refractivity contribution < 1.29 is 13.5 Å². The molecule has 0 saturated heterocycles. The average molecular weight is 257 g/mol. The number of benzene rings is 1. The minimum atomic E-state index is -2.77. The molecule has 4 heteroatoms. The van der Waals surface area contributed by atoms with Crippen LogP contribution in [0.1, 0.15) is 32.3 Å². The van der Waals surface area contributed by atoms with Crippen LogP contribution in [0.4, 0.5) is 8.78 Å². The summed E-state index contributed by atoms with van der Waals surface area (Å²) in [5.74, 6) is 0.848. The molecule has 1 aromatic rings. The molecule has 2 nitrogen and oxygen atoms in total. The molecule has 1 atom stereocenters. The molecule has 1 N–H and O–H groups in total. The van der Waals surface area contributed by atoms with Gasteiger partial charge in [0.1, 0.15) is 5.75 Å². The lowest BCUT2D eigenvalue weighted by Gasteiger charge is -2.14. The SMILES string of the molecule is CCCC(C)CNCc1ccccc1OC(F)F. The van der Waals surface area contributed by atoms with Gasteiger partial charge < -0.3 is 10.1 Å². The molecule has 1 rings (SSSR count). The van der Waals surface area contributed by atoms with Crippen LogP contribution >= 0.6 is 0 Å². The van der Waals surface area contributed by atoms with Crippen LogP contribution < -0.4 is 10.1 Å². The van der Waals surface area contributed by atoms with E-state index in [1.54, 1.807) is 18.2 Å². The van der Waals surface area contributed by atoms with Crippen LogP contribution in [0.3, 0.4) is 0 Å². The van der Waals surface area contributed by atoms with Crippen molar-refractivity contribution in [1.29, 1.82) is 0 Å². The molecule has 0 bridgehead atoms. The Labute approximate surface area is 107 Å². The number of nitrogens with one attached hydrogen (secondary N) is 1. The molecule has 0 aliphatic heterocycles. The molecule has 1 aromatic carbocycles. The number of alkyl halides is 2. The van der Waals surface area contributed by atoms with Crippen molar-refractivity contribution in [3.05, 3.63) is 29.8 Å². The first kappa shape index (κ1) is 14.9. The third-order valence-corrected chi connectivity index (χ3v) is 2.78. The first-order chi connectivity index (χ1) is 8.63. The summed E-state index contributed by atoms with van der Waals surface area (Å²) >= 11 is 0. The monoisotopic (exact) mass is 257 g/mol. The van der Waals surface area contributed by atoms with Crippen LogP contribution in [0.5, 0.6) is 5.75 Å². The van der Waals surface area contributed by atoms with Crippen LogP contribution in [0.2, 0.25) is 0 Å². The topological polar surface area (TPSA) is 21.3 Å². The number of ether oxygens (including phenoxy) is 1. The summed E-state index contributed by atoms with van der Waals surface area (Å²) in [6, 6.07) is 6.89. The zero-order chi connectivity index (χ0) is 13.4. The third-order valence-electron chi connectivity index (χ3n) is 2.78. The summed E-state index contributed by atoms with van der Waals surface area (Å²) in [5.41, 5.74) is 0.765. The van der Waals surface area contributed by atoms with E-state index in [0.717, 1.165) is 18.5 Å². The molecule has 18 heavy (non-hydrogen) atoms. The number of hydrogen-bond donors (Lipinski definition) is 1. The van der Waals surface area contributed by atoms with Crippen molar-refractivity contribution in [2.45, 2.75) is 39.8 Å². The van der Waals surface area contributed by atoms with Crippen LogP contribution in [0.25, 0.3) is 0 Å². The molecule has 0 aliphatic carbocycles. The predicted octanol–water partition coefficient (Wildman–Crippen LogP) is 3.81. The lowest BCUT2D eigenvalue weighted by Crippen LogP contribution is -2.21. The number of para-hydroxylation sites is 1. The van der Waals surface area contributed by atoms with Gasteiger partial charge in [-0.15, -0.1) is 0 Å². The number of hydrogen-bond acceptors (Lipinski definition) is 2. The maximum atomic E-state index is 12.2. The van der Waals surface area contributed by atoms with Crippen molar-refractivity contribution in [2.75, 3.05) is 6.54 Å². The molecular weight excluding hydrogens is 236 g/mol. The predicted molar refractivity (Wildman–Crippen MR) is 68.9 cm³/mol. The Bertz CT molecular complexity index is 344. The van der Waals surface area contributed by atoms with Gasteiger partial charge in [-0.2, -0.15) is 8.78 Å². The Morgan fingerprint density at radius 3 is 2.67 bits per heavy atom. The second kappa shape index (κ2) is 8.03. The van der Waals surface area contributed by atoms with E-state index in [2.05, 4.69) is 23.9 Å². The highest BCUT2D eigenvalue weighted by Gasteiger charge is 2.09. The smallest absolute Gasteiger partial charge is 0.387 e. The molecule has 0 radical (unpaired) electrons. The highest BCUT2D eigenvalue weighted by molar-refractivity contribution is 5.33. The van der Waals surface area contributed by atoms with Crippen LogP contribution in [0, 0.1) is 5.92 Å². The van der Waals surface area contributed by atoms with Gasteiger partial charge in [-0.05, 0) is 24.9 Å². The normalized spacial score (nSPS) is 12.7. The Morgan fingerprint density at radius 2 is 2.00 bits per heavy atom. The molecule has 0 saturated carbocycles. The van der Waals surface area contributed by atoms with Gasteiger partial charge in [0.05, 0.1) is 0 Å². The molecule has 0 aromatic heterocycles. The maximum Gasteiger partial charge on any atom is 0.387 e. The van der Waals surface area contributed by atoms with Gasteiger partial charge in [0.15, 0.2) is 0 Å². The van der Waals surface area contributed by atoms with Gasteiger partial charge >= 0.3 is 6.61 Å². The maximum absolute atomic E-state index is 12.2. The summed E-state index contributed by atoms with van der Waals surface area (Å²) in [7, 11) is 0. The number of halogens is 2. The van der Waals surface area contributed by atoms with Crippen molar-refractivity contribution in [3.63, 3.8) is 0 Å². The largest absolute Gasteiger partial charge is 0.434 e. The van der Waals surface area contributed by atoms with Crippen molar-refractivity contribution in [1.82, 2.24) is 5.32 Å². The Hall–Kier alpha value is -1.16. The zero-order valence-electron chi connectivity index (χ0n) is 11.0. The molecule has 102 valence electrons. The third kappa shape index (κ3) is 5.45. The Kier molecular flexibility index (Phi) is 6.65. The van der Waals surface area contributed by atoms with E-state index < -0.39 is 6.61 Å². The van der Waals surface area contributed by atoms with Crippen molar-refractivity contribution in [2.24, 2.45) is 5.92 Å². The molecule has 0 fully saturated rings. The van der Waals surface area contributed by atoms with Gasteiger partial charge in [-0.3, -0.25) is 0 Å². The summed E-state index contributed by atoms with van der Waals surface area (Å²) in [5, 5.41) is 3.28. The molecule has 0 heterocycles. The van der Waals surface area contributed by atoms with Crippen molar-refractivity contribution in [3.8, 4) is 5.75 Å². The summed E-state index contributed by atoms with van der Waals surface area (Å²) < 4.78 is 28.9. The fourth-order valence-corrected chi connectivity index (χ4v) is 1.91. The Balaban J connectivity index is 2.46. The van der Waals surface area contributed by atoms with Crippen LogP contribution in [0.15, 0.2) is 24.3 Å². The molecule has 0 amide bonds. The van der Waals surface area contributed by atoms with Gasteiger partial charge in [-0.1, -0.05) is 38.5 Å². The van der Waals surface area contributed by atoms with E-state index in [9.17, 15) is 8.78 Å². The van der Waals surface area contributed by atoms with E-state index in [-0.39, 0.29) is 5.75 Å². The van der Waals surface area contributed by atoms with E-state index in [0.29, 0.717) is 12.5 Å². The lowest BCUT2D eigenvalue weighted by molar-refractivity contribution is -0.0505. The zero-order valence-corrected chi connectivity index (χ0v) is 11.0. The summed E-state index contributed by atoms with van der Waals surface area (Å²) in [6.45, 7) is 3.00. The van der Waals surface area contributed by atoms with Crippen LogP contribution in [-0.2, 0) is 6.54 Å². The van der Waals surface area contributed by atoms with Gasteiger partial charge in [0.2, 0.25) is 0 Å². The fourth-order valence-electron chi connectivity index (χ4n) is 1.91. The second-order valence-corrected chi connectivity index (χ2v) is 4.51. The standard InChI is InChI=1S/C14H21F2NO/c1-3-6-11(2)9-17-10-12-7-4-5-8-13(12)18-14(15)16/h4-5,7-8,11,14,17H,3,6,9-10H2,1-2H3. The Morgan fingerprint density at radius 1 is 1.28 bits per heavy atom. The molecule has 0 spiro atoms. The van der Waals surface area contributed by atoms with Gasteiger partial charge in [-0.25, -0.2) is 0 Å². The van der Waals surface area contributed by atoms with Crippen LogP contribution in [-0.4, -0.2) is 13.2 Å². The highest BCUT2D eigenvalue weighted by Crippen LogP contribution is 2.20.